The lowest BCUT2D eigenvalue weighted by Gasteiger charge is -2.45. The zero-order valence-corrected chi connectivity index (χ0v) is 16.1. The van der Waals surface area contributed by atoms with Crippen LogP contribution in [0.3, 0.4) is 0 Å². The monoisotopic (exact) mass is 423 g/mol. The number of aliphatic hydroxyl groups is 5. The van der Waals surface area contributed by atoms with Gasteiger partial charge in [-0.15, -0.1) is 0 Å². The Bertz CT molecular complexity index is 530. The third-order valence-corrected chi connectivity index (χ3v) is 5.81. The van der Waals surface area contributed by atoms with Crippen LogP contribution in [0.1, 0.15) is 19.3 Å². The Hall–Kier alpha value is -0.480. The molecule has 0 unspecified atom stereocenters. The largest absolute Gasteiger partial charge is 0.394 e. The van der Waals surface area contributed by atoms with E-state index in [1.807, 2.05) is 0 Å². The van der Waals surface area contributed by atoms with E-state index in [1.165, 1.54) is 0 Å². The van der Waals surface area contributed by atoms with E-state index < -0.39 is 74.0 Å². The van der Waals surface area contributed by atoms with Crippen LogP contribution < -0.4 is 17.2 Å². The minimum absolute atomic E-state index is 0.176. The molecule has 0 radical (unpaired) electrons. The van der Waals surface area contributed by atoms with E-state index in [-0.39, 0.29) is 19.1 Å². The van der Waals surface area contributed by atoms with Crippen LogP contribution in [0.5, 0.6) is 0 Å². The molecule has 170 valence electrons. The van der Waals surface area contributed by atoms with Crippen LogP contribution in [0.2, 0.25) is 0 Å². The maximum absolute atomic E-state index is 10.1. The highest BCUT2D eigenvalue weighted by atomic mass is 16.7. The predicted octanol–water partition coefficient (Wildman–Crippen LogP) is -4.56. The van der Waals surface area contributed by atoms with Gasteiger partial charge in [-0.05, 0) is 12.8 Å². The van der Waals surface area contributed by atoms with Crippen molar-refractivity contribution in [2.24, 2.45) is 17.2 Å². The normalized spacial score (nSPS) is 51.3. The molecule has 0 aromatic rings. The lowest BCUT2D eigenvalue weighted by atomic mass is 9.86. The van der Waals surface area contributed by atoms with Gasteiger partial charge in [-0.2, -0.15) is 0 Å². The van der Waals surface area contributed by atoms with E-state index in [0.29, 0.717) is 12.8 Å². The molecule has 3 aliphatic rings. The minimum Gasteiger partial charge on any atom is -0.394 e. The molecule has 2 aliphatic heterocycles. The van der Waals surface area contributed by atoms with Gasteiger partial charge in [0.2, 0.25) is 0 Å². The van der Waals surface area contributed by atoms with Gasteiger partial charge in [-0.1, -0.05) is 0 Å². The van der Waals surface area contributed by atoms with Gasteiger partial charge in [0.05, 0.1) is 31.5 Å². The summed E-state index contributed by atoms with van der Waals surface area (Å²) < 4.78 is 22.9. The molecule has 11 N–H and O–H groups in total. The number of nitrogens with two attached hydrogens (primary N) is 3. The van der Waals surface area contributed by atoms with Crippen LogP contribution >= 0.6 is 0 Å². The second kappa shape index (κ2) is 9.77. The molecule has 12 atom stereocenters. The number of hydrogen-bond acceptors (Lipinski definition) is 12. The van der Waals surface area contributed by atoms with Crippen molar-refractivity contribution in [3.8, 4) is 0 Å². The molecule has 0 bridgehead atoms. The van der Waals surface area contributed by atoms with Crippen molar-refractivity contribution >= 4 is 0 Å². The van der Waals surface area contributed by atoms with Gasteiger partial charge in [0, 0.05) is 18.5 Å². The topological polar surface area (TPSA) is 216 Å². The molecule has 2 heterocycles. The fraction of sp³-hybridized carbons (Fsp3) is 1.00. The number of rotatable bonds is 6. The Labute approximate surface area is 168 Å². The summed E-state index contributed by atoms with van der Waals surface area (Å²) in [6.07, 6.45) is -7.57. The number of aliphatic hydroxyl groups excluding tert-OH is 5. The van der Waals surface area contributed by atoms with Crippen LogP contribution in [0.25, 0.3) is 0 Å². The Balaban J connectivity index is 1.69. The standard InChI is InChI=1S/C17H33N3O9/c18-6-1-7(19)16(9(2-6)26-12-3-8(23)10(4-21)27-12)29-17-13(20)15(25)14(24)11(5-22)28-17/h6-17,21-25H,1-5,18-20H2/t6-,7+,8+,9-,10-,11-,12-,13-,14-,15-,16-,17-/m1/s1. The van der Waals surface area contributed by atoms with Crippen LogP contribution in [-0.4, -0.2) is 112 Å². The van der Waals surface area contributed by atoms with Gasteiger partial charge in [0.15, 0.2) is 12.6 Å². The molecule has 12 heteroatoms. The van der Waals surface area contributed by atoms with Gasteiger partial charge in [0.25, 0.3) is 0 Å². The molecule has 3 fully saturated rings. The molecule has 1 aliphatic carbocycles. The van der Waals surface area contributed by atoms with Crippen molar-refractivity contribution in [1.82, 2.24) is 0 Å². The summed E-state index contributed by atoms with van der Waals surface area (Å²) in [4.78, 5) is 0. The maximum Gasteiger partial charge on any atom is 0.176 e. The quantitative estimate of drug-likeness (QED) is 0.203. The molecule has 12 nitrogen and oxygen atoms in total. The van der Waals surface area contributed by atoms with Crippen LogP contribution in [0.15, 0.2) is 0 Å². The van der Waals surface area contributed by atoms with Crippen LogP contribution in [-0.2, 0) is 18.9 Å². The Kier molecular flexibility index (Phi) is 7.81. The molecule has 3 rings (SSSR count). The molecule has 0 spiro atoms. The fourth-order valence-electron chi connectivity index (χ4n) is 4.13. The molecule has 1 saturated carbocycles. The number of ether oxygens (including phenoxy) is 4. The molecule has 0 aromatic heterocycles. The Morgan fingerprint density at radius 3 is 2.14 bits per heavy atom. The summed E-state index contributed by atoms with van der Waals surface area (Å²) >= 11 is 0. The second-order valence-corrected chi connectivity index (χ2v) is 8.04. The second-order valence-electron chi connectivity index (χ2n) is 8.04. The molecule has 2 saturated heterocycles. The summed E-state index contributed by atoms with van der Waals surface area (Å²) in [7, 11) is 0. The molecule has 29 heavy (non-hydrogen) atoms. The minimum atomic E-state index is -1.36. The van der Waals surface area contributed by atoms with Gasteiger partial charge >= 0.3 is 0 Å². The summed E-state index contributed by atoms with van der Waals surface area (Å²) in [5, 5.41) is 48.6. The van der Waals surface area contributed by atoms with Gasteiger partial charge < -0.3 is 61.7 Å². The Morgan fingerprint density at radius 1 is 0.828 bits per heavy atom. The van der Waals surface area contributed by atoms with Crippen molar-refractivity contribution in [3.63, 3.8) is 0 Å². The van der Waals surface area contributed by atoms with Crippen LogP contribution in [0.4, 0.5) is 0 Å². The SMILES string of the molecule is N[C@@H]1C[C@H](N)[C@@H](O[C@H]2O[C@H](CO)[C@@H](O)[C@H](O)[C@H]2N)[C@H](O[C@H]2C[C@H](O)[C@@H](CO)O2)C1. The van der Waals surface area contributed by atoms with Crippen molar-refractivity contribution in [2.75, 3.05) is 13.2 Å². The first-order valence-electron chi connectivity index (χ1n) is 9.89. The molecule has 0 aromatic carbocycles. The highest BCUT2D eigenvalue weighted by Gasteiger charge is 2.47. The van der Waals surface area contributed by atoms with E-state index in [0.717, 1.165) is 0 Å². The fourth-order valence-corrected chi connectivity index (χ4v) is 4.13. The van der Waals surface area contributed by atoms with Crippen molar-refractivity contribution < 1.29 is 44.5 Å². The van der Waals surface area contributed by atoms with Gasteiger partial charge in [0.1, 0.15) is 30.5 Å². The molecule has 0 amide bonds. The first-order valence-corrected chi connectivity index (χ1v) is 9.89. The third kappa shape index (κ3) is 5.06. The van der Waals surface area contributed by atoms with Crippen molar-refractivity contribution in [2.45, 2.75) is 92.7 Å². The summed E-state index contributed by atoms with van der Waals surface area (Å²) in [6, 6.07) is -1.84. The maximum atomic E-state index is 10.1. The summed E-state index contributed by atoms with van der Waals surface area (Å²) in [5.41, 5.74) is 18.3. The van der Waals surface area contributed by atoms with E-state index >= 15 is 0 Å². The van der Waals surface area contributed by atoms with E-state index in [1.54, 1.807) is 0 Å². The zero-order chi connectivity index (χ0) is 21.3. The summed E-state index contributed by atoms with van der Waals surface area (Å²) in [5.74, 6) is 0. The zero-order valence-electron chi connectivity index (χ0n) is 16.1. The summed E-state index contributed by atoms with van der Waals surface area (Å²) in [6.45, 7) is -0.860. The number of hydrogen-bond donors (Lipinski definition) is 8. The van der Waals surface area contributed by atoms with Gasteiger partial charge in [-0.25, -0.2) is 0 Å². The average Bonchev–Trinajstić information content (AvgIpc) is 3.03. The lowest BCUT2D eigenvalue weighted by Crippen LogP contribution is -2.65. The van der Waals surface area contributed by atoms with E-state index in [9.17, 15) is 25.5 Å². The molecular weight excluding hydrogens is 390 g/mol. The Morgan fingerprint density at radius 2 is 1.52 bits per heavy atom. The van der Waals surface area contributed by atoms with Crippen molar-refractivity contribution in [3.05, 3.63) is 0 Å². The first kappa shape index (κ1) is 23.2. The van der Waals surface area contributed by atoms with E-state index in [2.05, 4.69) is 0 Å². The van der Waals surface area contributed by atoms with Crippen LogP contribution in [0, 0.1) is 0 Å². The highest BCUT2D eigenvalue weighted by molar-refractivity contribution is 4.96. The molecular formula is C17H33N3O9. The first-order chi connectivity index (χ1) is 13.7. The predicted molar refractivity (Wildman–Crippen MR) is 97.0 cm³/mol. The van der Waals surface area contributed by atoms with Crippen molar-refractivity contribution in [1.29, 1.82) is 0 Å². The van der Waals surface area contributed by atoms with Gasteiger partial charge in [-0.3, -0.25) is 0 Å². The lowest BCUT2D eigenvalue weighted by molar-refractivity contribution is -0.299. The van der Waals surface area contributed by atoms with E-state index in [4.69, 9.17) is 36.1 Å². The smallest absolute Gasteiger partial charge is 0.176 e. The third-order valence-electron chi connectivity index (χ3n) is 5.81. The average molecular weight is 423 g/mol. The highest BCUT2D eigenvalue weighted by Crippen LogP contribution is 2.31.